The summed E-state index contributed by atoms with van der Waals surface area (Å²) in [6.07, 6.45) is 1.65. The molecule has 0 fully saturated rings. The number of nitrogens with one attached hydrogen (secondary N) is 2. The predicted octanol–water partition coefficient (Wildman–Crippen LogP) is 3.52. The Labute approximate surface area is 127 Å². The number of rotatable bonds is 3. The van der Waals surface area contributed by atoms with Crippen molar-refractivity contribution in [2.24, 2.45) is 0 Å². The molecule has 3 rings (SSSR count). The van der Waals surface area contributed by atoms with Crippen LogP contribution in [0.4, 0.5) is 11.5 Å². The molecule has 0 amide bonds. The van der Waals surface area contributed by atoms with Crippen molar-refractivity contribution in [3.05, 3.63) is 34.2 Å². The van der Waals surface area contributed by atoms with Crippen LogP contribution in [0.1, 0.15) is 0 Å². The first-order valence-electron chi connectivity index (χ1n) is 5.64. The summed E-state index contributed by atoms with van der Waals surface area (Å²) in [4.78, 5) is 8.23. The number of halogens is 2. The Morgan fingerprint density at radius 1 is 1.35 bits per heavy atom. The van der Waals surface area contributed by atoms with Gasteiger partial charge in [-0.25, -0.2) is 0 Å². The zero-order valence-electron chi connectivity index (χ0n) is 10.3. The highest BCUT2D eigenvalue weighted by Crippen LogP contribution is 2.30. The molecule has 0 aliphatic carbocycles. The Hall–Kier alpha value is -1.86. The van der Waals surface area contributed by atoms with Crippen LogP contribution < -0.4 is 10.1 Å². The van der Waals surface area contributed by atoms with Crippen molar-refractivity contribution in [1.82, 2.24) is 20.2 Å². The van der Waals surface area contributed by atoms with Gasteiger partial charge in [-0.2, -0.15) is 15.1 Å². The largest absolute Gasteiger partial charge is 0.496 e. The number of hydrogen-bond donors (Lipinski definition) is 2. The monoisotopic (exact) mass is 353 g/mol. The number of methoxy groups -OCH3 is 1. The molecular formula is C12H9BrClN5O. The summed E-state index contributed by atoms with van der Waals surface area (Å²) < 4.78 is 6.03. The molecule has 0 saturated carbocycles. The molecule has 0 aliphatic heterocycles. The highest BCUT2D eigenvalue weighted by molar-refractivity contribution is 9.10. The lowest BCUT2D eigenvalue weighted by atomic mass is 10.3. The Kier molecular flexibility index (Phi) is 3.45. The van der Waals surface area contributed by atoms with E-state index in [1.165, 1.54) is 0 Å². The van der Waals surface area contributed by atoms with Crippen molar-refractivity contribution < 1.29 is 4.74 Å². The van der Waals surface area contributed by atoms with E-state index < -0.39 is 0 Å². The van der Waals surface area contributed by atoms with Crippen LogP contribution in [0.3, 0.4) is 0 Å². The van der Waals surface area contributed by atoms with Crippen molar-refractivity contribution in [2.45, 2.75) is 0 Å². The Morgan fingerprint density at radius 2 is 2.20 bits per heavy atom. The van der Waals surface area contributed by atoms with E-state index in [0.717, 1.165) is 21.3 Å². The van der Waals surface area contributed by atoms with Crippen molar-refractivity contribution in [3.63, 3.8) is 0 Å². The normalized spacial score (nSPS) is 10.8. The molecule has 1 aromatic carbocycles. The average Bonchev–Trinajstić information content (AvgIpc) is 2.87. The number of aromatic amines is 1. The van der Waals surface area contributed by atoms with Gasteiger partial charge in [0.1, 0.15) is 11.6 Å². The minimum Gasteiger partial charge on any atom is -0.496 e. The van der Waals surface area contributed by atoms with E-state index in [1.807, 2.05) is 18.2 Å². The standard InChI is InChI=1S/C12H9BrClN5O/c1-20-9-3-2-6(4-8(9)13)16-10-7-5-15-19-11(7)18-12(14)17-10/h2-5H,1H3,(H2,15,16,17,18,19). The minimum atomic E-state index is 0.150. The van der Waals surface area contributed by atoms with Gasteiger partial charge < -0.3 is 10.1 Å². The molecule has 3 aromatic rings. The van der Waals surface area contributed by atoms with Gasteiger partial charge in [0.2, 0.25) is 5.28 Å². The fourth-order valence-corrected chi connectivity index (χ4v) is 2.49. The molecule has 0 bridgehead atoms. The molecule has 8 heteroatoms. The van der Waals surface area contributed by atoms with Crippen LogP contribution in [0.15, 0.2) is 28.9 Å². The van der Waals surface area contributed by atoms with Crippen LogP contribution in [0.25, 0.3) is 11.0 Å². The number of anilines is 2. The molecule has 0 unspecified atom stereocenters. The van der Waals surface area contributed by atoms with Crippen LogP contribution in [0.2, 0.25) is 5.28 Å². The van der Waals surface area contributed by atoms with E-state index in [2.05, 4.69) is 41.4 Å². The fraction of sp³-hybridized carbons (Fsp3) is 0.0833. The summed E-state index contributed by atoms with van der Waals surface area (Å²) in [7, 11) is 1.62. The minimum absolute atomic E-state index is 0.150. The third kappa shape index (κ3) is 2.41. The summed E-state index contributed by atoms with van der Waals surface area (Å²) in [5.41, 5.74) is 1.43. The Bertz CT molecular complexity index is 776. The summed E-state index contributed by atoms with van der Waals surface area (Å²) in [6, 6.07) is 5.62. The van der Waals surface area contributed by atoms with E-state index in [1.54, 1.807) is 13.3 Å². The molecule has 2 aromatic heterocycles. The van der Waals surface area contributed by atoms with Crippen LogP contribution in [0, 0.1) is 0 Å². The van der Waals surface area contributed by atoms with Gasteiger partial charge in [-0.1, -0.05) is 0 Å². The average molecular weight is 355 g/mol. The van der Waals surface area contributed by atoms with E-state index in [9.17, 15) is 0 Å². The van der Waals surface area contributed by atoms with Crippen molar-refractivity contribution in [2.75, 3.05) is 12.4 Å². The summed E-state index contributed by atoms with van der Waals surface area (Å²) in [5.74, 6) is 1.34. The van der Waals surface area contributed by atoms with E-state index in [-0.39, 0.29) is 5.28 Å². The third-order valence-corrected chi connectivity index (χ3v) is 3.49. The Balaban J connectivity index is 2.00. The van der Waals surface area contributed by atoms with Gasteiger partial charge in [0.15, 0.2) is 5.65 Å². The van der Waals surface area contributed by atoms with Gasteiger partial charge in [0, 0.05) is 5.69 Å². The van der Waals surface area contributed by atoms with Crippen LogP contribution in [-0.4, -0.2) is 27.3 Å². The lowest BCUT2D eigenvalue weighted by molar-refractivity contribution is 0.412. The SMILES string of the molecule is COc1ccc(Nc2nc(Cl)nc3[nH]ncc23)cc1Br. The molecule has 0 saturated heterocycles. The van der Waals surface area contributed by atoms with Crippen molar-refractivity contribution >= 4 is 50.1 Å². The summed E-state index contributed by atoms with van der Waals surface area (Å²) >= 11 is 9.32. The van der Waals surface area contributed by atoms with Gasteiger partial charge in [0.05, 0.1) is 23.2 Å². The van der Waals surface area contributed by atoms with Crippen LogP contribution in [-0.2, 0) is 0 Å². The van der Waals surface area contributed by atoms with E-state index in [4.69, 9.17) is 16.3 Å². The molecule has 0 spiro atoms. The maximum atomic E-state index is 5.89. The van der Waals surface area contributed by atoms with Gasteiger partial charge >= 0.3 is 0 Å². The quantitative estimate of drug-likeness (QED) is 0.704. The summed E-state index contributed by atoms with van der Waals surface area (Å²) in [6.45, 7) is 0. The third-order valence-electron chi connectivity index (χ3n) is 2.70. The molecule has 20 heavy (non-hydrogen) atoms. The Morgan fingerprint density at radius 3 is 2.95 bits per heavy atom. The van der Waals surface area contributed by atoms with Gasteiger partial charge in [-0.05, 0) is 45.7 Å². The second-order valence-electron chi connectivity index (χ2n) is 3.95. The number of fused-ring (bicyclic) bond motifs is 1. The number of aromatic nitrogens is 4. The molecule has 0 aliphatic rings. The number of hydrogen-bond acceptors (Lipinski definition) is 5. The molecule has 6 nitrogen and oxygen atoms in total. The molecule has 0 atom stereocenters. The maximum absolute atomic E-state index is 5.89. The van der Waals surface area contributed by atoms with E-state index >= 15 is 0 Å². The lowest BCUT2D eigenvalue weighted by Crippen LogP contribution is -1.97. The highest BCUT2D eigenvalue weighted by Gasteiger charge is 2.09. The van der Waals surface area contributed by atoms with Crippen LogP contribution in [0.5, 0.6) is 5.75 Å². The van der Waals surface area contributed by atoms with Gasteiger partial charge in [0.25, 0.3) is 0 Å². The van der Waals surface area contributed by atoms with E-state index in [0.29, 0.717) is 11.5 Å². The number of H-pyrrole nitrogens is 1. The fourth-order valence-electron chi connectivity index (χ4n) is 1.78. The zero-order valence-corrected chi connectivity index (χ0v) is 12.7. The number of ether oxygens (including phenoxy) is 1. The molecule has 0 radical (unpaired) electrons. The molecule has 2 heterocycles. The number of nitrogens with zero attached hydrogens (tertiary/aromatic N) is 3. The smallest absolute Gasteiger partial charge is 0.226 e. The second-order valence-corrected chi connectivity index (χ2v) is 5.14. The first-order valence-corrected chi connectivity index (χ1v) is 6.81. The zero-order chi connectivity index (χ0) is 14.1. The maximum Gasteiger partial charge on any atom is 0.226 e. The first kappa shape index (κ1) is 13.1. The molecule has 2 N–H and O–H groups in total. The van der Waals surface area contributed by atoms with Crippen molar-refractivity contribution in [1.29, 1.82) is 0 Å². The first-order chi connectivity index (χ1) is 9.67. The topological polar surface area (TPSA) is 75.7 Å². The van der Waals surface area contributed by atoms with Gasteiger partial charge in [-0.3, -0.25) is 5.10 Å². The number of benzene rings is 1. The van der Waals surface area contributed by atoms with Crippen molar-refractivity contribution in [3.8, 4) is 5.75 Å². The van der Waals surface area contributed by atoms with Crippen LogP contribution >= 0.6 is 27.5 Å². The highest BCUT2D eigenvalue weighted by atomic mass is 79.9. The predicted molar refractivity (Wildman–Crippen MR) is 80.7 cm³/mol. The molecular weight excluding hydrogens is 346 g/mol. The second kappa shape index (κ2) is 5.26. The van der Waals surface area contributed by atoms with Gasteiger partial charge in [-0.15, -0.1) is 0 Å². The summed E-state index contributed by atoms with van der Waals surface area (Å²) in [5, 5.41) is 10.8. The lowest BCUT2D eigenvalue weighted by Gasteiger charge is -2.09. The molecule has 102 valence electrons.